The summed E-state index contributed by atoms with van der Waals surface area (Å²) in [6, 6.07) is 7.60. The number of hydrogen-bond acceptors (Lipinski definition) is 2. The van der Waals surface area contributed by atoms with Gasteiger partial charge in [-0.15, -0.1) is 0 Å². The van der Waals surface area contributed by atoms with E-state index in [-0.39, 0.29) is 5.91 Å². The standard InChI is InChI=1S/C13H14ClN3O/c1-8-5-4-6-10(7-8)15-13(18)11-9(2)16-17(3)12(11)14/h4-7H,1-3H3,(H,15,18). The molecule has 4 nitrogen and oxygen atoms in total. The molecular weight excluding hydrogens is 250 g/mol. The van der Waals surface area contributed by atoms with E-state index in [2.05, 4.69) is 10.4 Å². The maximum atomic E-state index is 12.1. The lowest BCUT2D eigenvalue weighted by Crippen LogP contribution is -2.13. The topological polar surface area (TPSA) is 46.9 Å². The molecule has 1 aromatic carbocycles. The summed E-state index contributed by atoms with van der Waals surface area (Å²) in [4.78, 5) is 12.1. The molecule has 1 heterocycles. The molecule has 0 fully saturated rings. The predicted octanol–water partition coefficient (Wildman–Crippen LogP) is 2.94. The van der Waals surface area contributed by atoms with E-state index >= 15 is 0 Å². The van der Waals surface area contributed by atoms with Crippen molar-refractivity contribution in [3.8, 4) is 0 Å². The van der Waals surface area contributed by atoms with Crippen molar-refractivity contribution in [2.75, 3.05) is 5.32 Å². The molecule has 0 aliphatic heterocycles. The van der Waals surface area contributed by atoms with Crippen molar-refractivity contribution in [3.63, 3.8) is 0 Å². The second-order valence-electron chi connectivity index (χ2n) is 4.20. The molecule has 0 saturated carbocycles. The van der Waals surface area contributed by atoms with Crippen LogP contribution in [0.15, 0.2) is 24.3 Å². The Balaban J connectivity index is 2.27. The monoisotopic (exact) mass is 263 g/mol. The van der Waals surface area contributed by atoms with Crippen LogP contribution in [0.25, 0.3) is 0 Å². The minimum absolute atomic E-state index is 0.240. The van der Waals surface area contributed by atoms with Gasteiger partial charge in [-0.25, -0.2) is 0 Å². The van der Waals surface area contributed by atoms with Crippen LogP contribution in [-0.4, -0.2) is 15.7 Å². The lowest BCUT2D eigenvalue weighted by molar-refractivity contribution is 0.102. The number of amides is 1. The number of anilines is 1. The first kappa shape index (κ1) is 12.6. The maximum absolute atomic E-state index is 12.1. The number of aromatic nitrogens is 2. The van der Waals surface area contributed by atoms with Crippen LogP contribution < -0.4 is 5.32 Å². The molecule has 0 unspecified atom stereocenters. The van der Waals surface area contributed by atoms with Gasteiger partial charge in [0.25, 0.3) is 5.91 Å². The van der Waals surface area contributed by atoms with E-state index in [1.165, 1.54) is 4.68 Å². The summed E-state index contributed by atoms with van der Waals surface area (Å²) >= 11 is 6.05. The summed E-state index contributed by atoms with van der Waals surface area (Å²) in [6.07, 6.45) is 0. The number of carbonyl (C=O) groups is 1. The van der Waals surface area contributed by atoms with Gasteiger partial charge in [0, 0.05) is 12.7 Å². The highest BCUT2D eigenvalue weighted by Gasteiger charge is 2.18. The molecule has 2 rings (SSSR count). The van der Waals surface area contributed by atoms with Crippen molar-refractivity contribution in [2.24, 2.45) is 7.05 Å². The van der Waals surface area contributed by atoms with Gasteiger partial charge >= 0.3 is 0 Å². The molecule has 1 N–H and O–H groups in total. The van der Waals surface area contributed by atoms with Crippen molar-refractivity contribution >= 4 is 23.2 Å². The fourth-order valence-corrected chi connectivity index (χ4v) is 2.06. The second kappa shape index (κ2) is 4.82. The molecule has 5 heteroatoms. The van der Waals surface area contributed by atoms with Crippen LogP contribution >= 0.6 is 11.6 Å². The average Bonchev–Trinajstić information content (AvgIpc) is 2.53. The normalized spacial score (nSPS) is 10.4. The zero-order valence-corrected chi connectivity index (χ0v) is 11.2. The first-order valence-corrected chi connectivity index (χ1v) is 5.94. The lowest BCUT2D eigenvalue weighted by Gasteiger charge is -2.05. The third kappa shape index (κ3) is 2.38. The van der Waals surface area contributed by atoms with E-state index in [9.17, 15) is 4.79 Å². The predicted molar refractivity (Wildman–Crippen MR) is 72.1 cm³/mol. The van der Waals surface area contributed by atoms with E-state index in [1.807, 2.05) is 31.2 Å². The van der Waals surface area contributed by atoms with Crippen LogP contribution in [0.1, 0.15) is 21.6 Å². The summed E-state index contributed by atoms with van der Waals surface area (Å²) in [5, 5.41) is 7.28. The number of benzene rings is 1. The Hall–Kier alpha value is -1.81. The molecule has 0 aliphatic rings. The van der Waals surface area contributed by atoms with Crippen LogP contribution in [-0.2, 0) is 7.05 Å². The largest absolute Gasteiger partial charge is 0.322 e. The molecule has 0 radical (unpaired) electrons. The fourth-order valence-electron chi connectivity index (χ4n) is 1.80. The highest BCUT2D eigenvalue weighted by Crippen LogP contribution is 2.20. The fraction of sp³-hybridized carbons (Fsp3) is 0.231. The first-order chi connectivity index (χ1) is 8.49. The minimum Gasteiger partial charge on any atom is -0.322 e. The van der Waals surface area contributed by atoms with Crippen LogP contribution in [0.2, 0.25) is 5.15 Å². The van der Waals surface area contributed by atoms with Crippen molar-refractivity contribution < 1.29 is 4.79 Å². The van der Waals surface area contributed by atoms with Gasteiger partial charge < -0.3 is 5.32 Å². The van der Waals surface area contributed by atoms with Crippen LogP contribution in [0.3, 0.4) is 0 Å². The summed E-state index contributed by atoms with van der Waals surface area (Å²) < 4.78 is 1.49. The Kier molecular flexibility index (Phi) is 3.39. The van der Waals surface area contributed by atoms with Crippen LogP contribution in [0.5, 0.6) is 0 Å². The molecular formula is C13H14ClN3O. The number of aryl methyl sites for hydroxylation is 3. The van der Waals surface area contributed by atoms with E-state index < -0.39 is 0 Å². The molecule has 0 spiro atoms. The van der Waals surface area contributed by atoms with E-state index in [4.69, 9.17) is 11.6 Å². The molecule has 18 heavy (non-hydrogen) atoms. The van der Waals surface area contributed by atoms with Gasteiger partial charge in [0.2, 0.25) is 0 Å². The number of hydrogen-bond donors (Lipinski definition) is 1. The summed E-state index contributed by atoms with van der Waals surface area (Å²) in [5.41, 5.74) is 2.87. The third-order valence-corrected chi connectivity index (χ3v) is 3.09. The molecule has 0 atom stereocenters. The summed E-state index contributed by atoms with van der Waals surface area (Å²) in [6.45, 7) is 3.73. The van der Waals surface area contributed by atoms with E-state index in [0.717, 1.165) is 11.3 Å². The van der Waals surface area contributed by atoms with Crippen molar-refractivity contribution in [2.45, 2.75) is 13.8 Å². The van der Waals surface area contributed by atoms with Crippen LogP contribution in [0.4, 0.5) is 5.69 Å². The van der Waals surface area contributed by atoms with Gasteiger partial charge in [0.05, 0.1) is 11.3 Å². The molecule has 0 saturated heterocycles. The lowest BCUT2D eigenvalue weighted by atomic mass is 10.2. The summed E-state index contributed by atoms with van der Waals surface area (Å²) in [5.74, 6) is -0.240. The highest BCUT2D eigenvalue weighted by molar-refractivity contribution is 6.33. The Morgan fingerprint density at radius 3 is 2.67 bits per heavy atom. The van der Waals surface area contributed by atoms with Crippen molar-refractivity contribution in [1.82, 2.24) is 9.78 Å². The van der Waals surface area contributed by atoms with Crippen molar-refractivity contribution in [3.05, 3.63) is 46.2 Å². The van der Waals surface area contributed by atoms with E-state index in [1.54, 1.807) is 14.0 Å². The van der Waals surface area contributed by atoms with Gasteiger partial charge in [0.1, 0.15) is 5.15 Å². The van der Waals surface area contributed by atoms with Gasteiger partial charge in [-0.3, -0.25) is 9.48 Å². The Morgan fingerprint density at radius 2 is 2.11 bits per heavy atom. The number of halogens is 1. The SMILES string of the molecule is Cc1cccc(NC(=O)c2c(C)nn(C)c2Cl)c1. The third-order valence-electron chi connectivity index (χ3n) is 2.66. The number of nitrogens with one attached hydrogen (secondary N) is 1. The molecule has 1 aromatic heterocycles. The van der Waals surface area contributed by atoms with Gasteiger partial charge in [0.15, 0.2) is 0 Å². The first-order valence-electron chi connectivity index (χ1n) is 5.56. The Morgan fingerprint density at radius 1 is 1.39 bits per heavy atom. The molecule has 0 bridgehead atoms. The maximum Gasteiger partial charge on any atom is 0.260 e. The highest BCUT2D eigenvalue weighted by atomic mass is 35.5. The molecule has 1 amide bonds. The number of nitrogens with zero attached hydrogens (tertiary/aromatic N) is 2. The minimum atomic E-state index is -0.240. The van der Waals surface area contributed by atoms with Crippen molar-refractivity contribution in [1.29, 1.82) is 0 Å². The number of carbonyl (C=O) groups excluding carboxylic acids is 1. The van der Waals surface area contributed by atoms with Gasteiger partial charge in [-0.1, -0.05) is 23.7 Å². The molecule has 0 aliphatic carbocycles. The Bertz CT molecular complexity index is 604. The second-order valence-corrected chi connectivity index (χ2v) is 4.56. The molecule has 94 valence electrons. The van der Waals surface area contributed by atoms with E-state index in [0.29, 0.717) is 16.4 Å². The van der Waals surface area contributed by atoms with Gasteiger partial charge in [-0.2, -0.15) is 5.10 Å². The summed E-state index contributed by atoms with van der Waals surface area (Å²) in [7, 11) is 1.71. The zero-order valence-electron chi connectivity index (χ0n) is 10.5. The molecule has 2 aromatic rings. The van der Waals surface area contributed by atoms with Gasteiger partial charge in [-0.05, 0) is 31.5 Å². The zero-order chi connectivity index (χ0) is 13.3. The average molecular weight is 264 g/mol. The number of rotatable bonds is 2. The quantitative estimate of drug-likeness (QED) is 0.906. The smallest absolute Gasteiger partial charge is 0.260 e. The Labute approximate surface area is 111 Å². The van der Waals surface area contributed by atoms with Crippen LogP contribution in [0, 0.1) is 13.8 Å².